The molecule has 2 aliphatic rings. The number of nitrogen functional groups attached to an aromatic ring is 2. The number of ether oxygens (including phenoxy) is 5. The summed E-state index contributed by atoms with van der Waals surface area (Å²) < 4.78 is 80.3. The number of para-hydroxylation sites is 2. The fraction of sp³-hybridized carbons (Fsp3) is 0.500. The van der Waals surface area contributed by atoms with Crippen LogP contribution in [0.4, 0.5) is 11.6 Å². The minimum absolute atomic E-state index is 0.0199. The lowest BCUT2D eigenvalue weighted by Crippen LogP contribution is -2.43. The van der Waals surface area contributed by atoms with Crippen molar-refractivity contribution in [3.05, 3.63) is 106 Å². The van der Waals surface area contributed by atoms with Crippen LogP contribution < -0.4 is 42.1 Å². The van der Waals surface area contributed by atoms with Crippen molar-refractivity contribution in [3.63, 3.8) is 0 Å². The van der Waals surface area contributed by atoms with E-state index in [0.717, 1.165) is 9.13 Å². The second-order valence-corrected chi connectivity index (χ2v) is 22.8. The first kappa shape index (κ1) is 62.8. The van der Waals surface area contributed by atoms with E-state index in [2.05, 4.69) is 26.2 Å². The summed E-state index contributed by atoms with van der Waals surface area (Å²) >= 11 is 0. The van der Waals surface area contributed by atoms with Gasteiger partial charge >= 0.3 is 44.8 Å². The maximum Gasteiger partial charge on any atom is 0.459 e. The number of hydrogen-bond donors (Lipinski definition) is 5. The molecule has 79 heavy (non-hydrogen) atoms. The maximum atomic E-state index is 14.0. The zero-order valence-electron chi connectivity index (χ0n) is 45.1. The van der Waals surface area contributed by atoms with Crippen molar-refractivity contribution in [3.8, 4) is 23.6 Å². The van der Waals surface area contributed by atoms with Gasteiger partial charge in [0.1, 0.15) is 64.4 Å². The van der Waals surface area contributed by atoms with E-state index in [4.69, 9.17) is 53.2 Å². The molecule has 27 nitrogen and oxygen atoms in total. The predicted molar refractivity (Wildman–Crippen MR) is 281 cm³/mol. The number of carbonyl (C=O) groups excluding carboxylic acids is 3. The van der Waals surface area contributed by atoms with Crippen LogP contribution in [0.3, 0.4) is 0 Å². The SMILES string of the molecule is CC(C)OC(=O)[C@H](C)NP(=O)(OC[C@H]1OC(n2ccc(N)nc2=O)[C@](C)(C#N)[C@@H]1O)Oc1ccccc1.CC(C)OC(=O)[C@H](C)NP(=O)(OC[C@H]1OC(n2ccc(N)nc2=O)[C@](C)(C#N)[C@@H]1OC(=O)C(C)C)Oc1ccccc1. The first-order chi connectivity index (χ1) is 37.1. The number of rotatable bonds is 22. The molecule has 2 aromatic carbocycles. The third kappa shape index (κ3) is 16.1. The second-order valence-electron chi connectivity index (χ2n) is 19.5. The molecule has 6 rings (SSSR count). The van der Waals surface area contributed by atoms with Gasteiger partial charge in [0.25, 0.3) is 0 Å². The molecule has 2 aliphatic heterocycles. The molecule has 2 saturated heterocycles. The van der Waals surface area contributed by atoms with Crippen molar-refractivity contribution < 1.29 is 70.4 Å². The number of nitrogens with two attached hydrogens (primary N) is 2. The van der Waals surface area contributed by atoms with Gasteiger partial charge in [0.15, 0.2) is 18.6 Å². The van der Waals surface area contributed by atoms with Crippen LogP contribution in [0.15, 0.2) is 94.8 Å². The standard InChI is InChI=1S/C27H36N5O9P.C23H30N5O8P/c1-16(2)23(33)40-22-20(39-25(27(22,6)15-28)32-13-12-21(29)30-26(32)35)14-37-42(36,41-19-10-8-7-9-11-19)31-18(5)24(34)38-17(3)4;1-14(2)34-20(30)15(3)27-37(32,36-16-8-6-5-7-9-16)33-12-17-19(29)23(4,13-24)21(35-17)28-11-10-18(25)26-22(28)31/h7-13,16-18,20,22,25H,14H2,1-6H3,(H,31,36)(H2,29,30,35);5-11,14-15,17,19,21,29H,12H2,1-4H3,(H,27,32)(H2,25,26,31)/t18-,20+,22+,25?,27+,42?;15-,17+,19+,21?,23+,37?/m00/s1. The molecule has 12 atom stereocenters. The summed E-state index contributed by atoms with van der Waals surface area (Å²) in [5.41, 5.74) is 6.37. The van der Waals surface area contributed by atoms with Crippen molar-refractivity contribution in [2.75, 3.05) is 24.7 Å². The fourth-order valence-corrected chi connectivity index (χ4v) is 10.7. The van der Waals surface area contributed by atoms with Crippen LogP contribution in [0.2, 0.25) is 0 Å². The Morgan fingerprint density at radius 3 is 1.44 bits per heavy atom. The van der Waals surface area contributed by atoms with Crippen LogP contribution in [-0.4, -0.2) is 104 Å². The molecule has 4 heterocycles. The van der Waals surface area contributed by atoms with Crippen molar-refractivity contribution in [2.45, 2.75) is 130 Å². The molecule has 2 fully saturated rings. The Morgan fingerprint density at radius 2 is 1.06 bits per heavy atom. The third-order valence-electron chi connectivity index (χ3n) is 11.8. The van der Waals surface area contributed by atoms with Gasteiger partial charge in [-0.25, -0.2) is 18.7 Å². The highest BCUT2D eigenvalue weighted by Crippen LogP contribution is 2.51. The Hall–Kier alpha value is -7.03. The monoisotopic (exact) mass is 1140 g/mol. The van der Waals surface area contributed by atoms with Crippen molar-refractivity contribution >= 4 is 45.0 Å². The van der Waals surface area contributed by atoms with Crippen molar-refractivity contribution in [1.82, 2.24) is 29.3 Å². The van der Waals surface area contributed by atoms with Crippen LogP contribution in [0.1, 0.15) is 81.7 Å². The molecule has 29 heteroatoms. The number of nitriles is 2. The number of aromatic nitrogens is 4. The van der Waals surface area contributed by atoms with E-state index in [1.165, 1.54) is 64.4 Å². The van der Waals surface area contributed by atoms with Crippen LogP contribution >= 0.6 is 15.5 Å². The molecule has 7 N–H and O–H groups in total. The largest absolute Gasteiger partial charge is 0.462 e. The number of nitrogens with one attached hydrogen (secondary N) is 2. The van der Waals surface area contributed by atoms with Gasteiger partial charge in [0, 0.05) is 12.4 Å². The number of carbonyl (C=O) groups is 3. The van der Waals surface area contributed by atoms with Gasteiger partial charge < -0.3 is 49.3 Å². The first-order valence-electron chi connectivity index (χ1n) is 24.7. The van der Waals surface area contributed by atoms with E-state index < -0.39 is 136 Å². The van der Waals surface area contributed by atoms with E-state index in [-0.39, 0.29) is 23.1 Å². The minimum Gasteiger partial charge on any atom is -0.462 e. The van der Waals surface area contributed by atoms with Crippen LogP contribution in [0, 0.1) is 39.4 Å². The molecule has 0 radical (unpaired) electrons. The second kappa shape index (κ2) is 26.7. The number of hydrogen-bond acceptors (Lipinski definition) is 23. The quantitative estimate of drug-likeness (QED) is 0.0404. The van der Waals surface area contributed by atoms with E-state index in [1.54, 1.807) is 90.1 Å². The summed E-state index contributed by atoms with van der Waals surface area (Å²) in [5.74, 6) is -2.26. The molecule has 0 spiro atoms. The van der Waals surface area contributed by atoms with Crippen LogP contribution in [0.25, 0.3) is 0 Å². The Kier molecular flexibility index (Phi) is 21.3. The normalized spacial score (nSPS) is 24.8. The summed E-state index contributed by atoms with van der Waals surface area (Å²) in [6.45, 7) is 14.6. The van der Waals surface area contributed by atoms with Gasteiger partial charge in [-0.15, -0.1) is 0 Å². The lowest BCUT2D eigenvalue weighted by atomic mass is 9.83. The zero-order chi connectivity index (χ0) is 58.6. The third-order valence-corrected chi connectivity index (χ3v) is 15.1. The molecule has 0 amide bonds. The topological polar surface area (TPSA) is 382 Å². The van der Waals surface area contributed by atoms with Gasteiger partial charge in [0.05, 0.1) is 43.5 Å². The molecule has 0 aliphatic carbocycles. The molecule has 2 aromatic heterocycles. The smallest absolute Gasteiger partial charge is 0.459 e. The molecular formula is C50H66N10O17P2. The highest BCUT2D eigenvalue weighted by molar-refractivity contribution is 7.52. The summed E-state index contributed by atoms with van der Waals surface area (Å²) in [6.07, 6.45) is -5.90. The van der Waals surface area contributed by atoms with Gasteiger partial charge in [-0.2, -0.15) is 30.7 Å². The lowest BCUT2D eigenvalue weighted by molar-refractivity contribution is -0.159. The first-order valence-corrected chi connectivity index (χ1v) is 27.8. The van der Waals surface area contributed by atoms with E-state index in [0.29, 0.717) is 0 Å². The number of anilines is 2. The van der Waals surface area contributed by atoms with Gasteiger partial charge in [0.2, 0.25) is 0 Å². The summed E-state index contributed by atoms with van der Waals surface area (Å²) in [5, 5.41) is 36.1. The molecule has 428 valence electrons. The number of aliphatic hydroxyl groups excluding tert-OH is 1. The number of nitrogens with zero attached hydrogens (tertiary/aromatic N) is 6. The summed E-state index contributed by atoms with van der Waals surface area (Å²) in [6, 6.07) is 20.8. The van der Waals surface area contributed by atoms with Crippen LogP contribution in [0.5, 0.6) is 11.5 Å². The van der Waals surface area contributed by atoms with Crippen molar-refractivity contribution in [2.24, 2.45) is 16.7 Å². The Morgan fingerprint density at radius 1 is 0.671 bits per heavy atom. The average Bonchev–Trinajstić information content (AvgIpc) is 4.06. The Balaban J connectivity index is 0.000000293. The number of benzene rings is 2. The minimum atomic E-state index is -4.34. The summed E-state index contributed by atoms with van der Waals surface area (Å²) in [7, 11) is -8.59. The molecule has 4 aromatic rings. The summed E-state index contributed by atoms with van der Waals surface area (Å²) in [4.78, 5) is 69.9. The zero-order valence-corrected chi connectivity index (χ0v) is 46.8. The highest BCUT2D eigenvalue weighted by Gasteiger charge is 2.59. The number of esters is 3. The highest BCUT2D eigenvalue weighted by atomic mass is 31.2. The predicted octanol–water partition coefficient (Wildman–Crippen LogP) is 4.70. The maximum absolute atomic E-state index is 14.0. The lowest BCUT2D eigenvalue weighted by Gasteiger charge is -2.29. The molecule has 0 bridgehead atoms. The Labute approximate surface area is 455 Å². The molecule has 0 saturated carbocycles. The van der Waals surface area contributed by atoms with Crippen molar-refractivity contribution in [1.29, 1.82) is 10.5 Å². The van der Waals surface area contributed by atoms with Gasteiger partial charge in [-0.1, -0.05) is 50.2 Å². The van der Waals surface area contributed by atoms with Crippen LogP contribution in [-0.2, 0) is 56.2 Å². The van der Waals surface area contributed by atoms with Gasteiger partial charge in [-0.05, 0) is 91.8 Å². The van der Waals surface area contributed by atoms with E-state index >= 15 is 0 Å². The van der Waals surface area contributed by atoms with Gasteiger partial charge in [-0.3, -0.25) is 32.6 Å². The molecular weight excluding hydrogens is 1070 g/mol. The number of aliphatic hydroxyl groups is 1. The average molecular weight is 1140 g/mol. The molecule has 4 unspecified atom stereocenters. The van der Waals surface area contributed by atoms with E-state index in [9.17, 15) is 48.7 Å². The fourth-order valence-electron chi connectivity index (χ4n) is 7.70. The Bertz CT molecular complexity index is 3070. The van der Waals surface area contributed by atoms with E-state index in [1.807, 2.05) is 6.07 Å².